The molecule has 172 valence electrons. The second-order valence-electron chi connectivity index (χ2n) is 6.85. The van der Waals surface area contributed by atoms with E-state index in [4.69, 9.17) is 25.8 Å². The topological polar surface area (TPSA) is 89.4 Å². The molecule has 0 aliphatic carbocycles. The van der Waals surface area contributed by atoms with E-state index in [1.54, 1.807) is 31.2 Å². The van der Waals surface area contributed by atoms with Crippen LogP contribution in [-0.4, -0.2) is 30.4 Å². The quantitative estimate of drug-likeness (QED) is 0.316. The summed E-state index contributed by atoms with van der Waals surface area (Å²) in [6, 6.07) is 17.8. The van der Waals surface area contributed by atoms with Gasteiger partial charge in [0.05, 0.1) is 24.5 Å². The van der Waals surface area contributed by atoms with Crippen LogP contribution in [0, 0.1) is 0 Å². The van der Waals surface area contributed by atoms with E-state index >= 15 is 0 Å². The van der Waals surface area contributed by atoms with Gasteiger partial charge >= 0.3 is 0 Å². The molecule has 2 N–H and O–H groups in total. The van der Waals surface area contributed by atoms with Gasteiger partial charge in [-0.25, -0.2) is 5.43 Å². The molecule has 3 aromatic carbocycles. The molecule has 1 amide bonds. The number of nitrogens with one attached hydrogen (secondary N) is 1. The summed E-state index contributed by atoms with van der Waals surface area (Å²) >= 11 is 6.01. The highest BCUT2D eigenvalue weighted by Gasteiger charge is 2.12. The zero-order valence-corrected chi connectivity index (χ0v) is 19.1. The SMILES string of the molecule is CCOc1cc(C(=O)N/N=C/c2cc(Cl)c(O)c(OCC)c2)ccc1OCc1ccccc1. The highest BCUT2D eigenvalue weighted by molar-refractivity contribution is 6.32. The predicted molar refractivity (Wildman–Crippen MR) is 128 cm³/mol. The highest BCUT2D eigenvalue weighted by Crippen LogP contribution is 2.34. The van der Waals surface area contributed by atoms with Gasteiger partial charge in [0.2, 0.25) is 0 Å². The Hall–Kier alpha value is -3.71. The molecule has 33 heavy (non-hydrogen) atoms. The maximum Gasteiger partial charge on any atom is 0.271 e. The number of phenolic OH excluding ortho intramolecular Hbond substituents is 1. The summed E-state index contributed by atoms with van der Waals surface area (Å²) in [7, 11) is 0. The zero-order chi connectivity index (χ0) is 23.6. The summed E-state index contributed by atoms with van der Waals surface area (Å²) in [5.74, 6) is 0.694. The van der Waals surface area contributed by atoms with Crippen LogP contribution in [0.15, 0.2) is 65.8 Å². The molecule has 0 saturated heterocycles. The smallest absolute Gasteiger partial charge is 0.271 e. The minimum Gasteiger partial charge on any atom is -0.503 e. The predicted octanol–water partition coefficient (Wildman–Crippen LogP) is 5.19. The third-order valence-electron chi connectivity index (χ3n) is 4.47. The third-order valence-corrected chi connectivity index (χ3v) is 4.76. The number of ether oxygens (including phenoxy) is 3. The number of nitrogens with zero attached hydrogens (tertiary/aromatic N) is 1. The van der Waals surface area contributed by atoms with E-state index in [2.05, 4.69) is 10.5 Å². The molecule has 0 saturated carbocycles. The number of benzene rings is 3. The fourth-order valence-electron chi connectivity index (χ4n) is 2.94. The molecule has 0 unspecified atom stereocenters. The average molecular weight is 469 g/mol. The minimum atomic E-state index is -0.420. The zero-order valence-electron chi connectivity index (χ0n) is 18.4. The van der Waals surface area contributed by atoms with Crippen LogP contribution in [0.5, 0.6) is 23.0 Å². The Morgan fingerprint density at radius 1 is 0.970 bits per heavy atom. The Balaban J connectivity index is 1.68. The van der Waals surface area contributed by atoms with Gasteiger partial charge in [-0.15, -0.1) is 0 Å². The molecule has 3 rings (SSSR count). The number of aromatic hydroxyl groups is 1. The van der Waals surface area contributed by atoms with Crippen molar-refractivity contribution in [3.8, 4) is 23.0 Å². The van der Waals surface area contributed by atoms with Gasteiger partial charge in [0.25, 0.3) is 5.91 Å². The standard InChI is InChI=1S/C25H25ClN2O5/c1-3-31-22-14-19(10-11-21(22)33-16-17-8-6-5-7-9-17)25(30)28-27-15-18-12-20(26)24(29)23(13-18)32-4-2/h5-15,29H,3-4,16H2,1-2H3,(H,28,30)/b27-15+. The van der Waals surface area contributed by atoms with E-state index in [1.807, 2.05) is 37.3 Å². The molecule has 0 aliphatic heterocycles. The van der Waals surface area contributed by atoms with E-state index in [0.29, 0.717) is 42.4 Å². The van der Waals surface area contributed by atoms with Crippen LogP contribution >= 0.6 is 11.6 Å². The molecule has 0 radical (unpaired) electrons. The Morgan fingerprint density at radius 2 is 1.70 bits per heavy atom. The van der Waals surface area contributed by atoms with Crippen LogP contribution in [0.2, 0.25) is 5.02 Å². The summed E-state index contributed by atoms with van der Waals surface area (Å²) < 4.78 is 16.9. The molecule has 0 spiro atoms. The fourth-order valence-corrected chi connectivity index (χ4v) is 3.16. The van der Waals surface area contributed by atoms with Gasteiger partial charge in [-0.3, -0.25) is 4.79 Å². The molecule has 0 aromatic heterocycles. The van der Waals surface area contributed by atoms with E-state index < -0.39 is 5.91 Å². The monoisotopic (exact) mass is 468 g/mol. The van der Waals surface area contributed by atoms with Crippen molar-refractivity contribution in [3.63, 3.8) is 0 Å². The van der Waals surface area contributed by atoms with E-state index in [1.165, 1.54) is 12.3 Å². The number of carbonyl (C=O) groups excluding carboxylic acids is 1. The number of amides is 1. The second kappa shape index (κ2) is 11.8. The Bertz CT molecular complexity index is 1120. The van der Waals surface area contributed by atoms with Crippen LogP contribution in [0.1, 0.15) is 35.3 Å². The van der Waals surface area contributed by atoms with Crippen molar-refractivity contribution in [2.75, 3.05) is 13.2 Å². The molecule has 7 nitrogen and oxygen atoms in total. The van der Waals surface area contributed by atoms with Gasteiger partial charge in [0.15, 0.2) is 23.0 Å². The molecule has 0 heterocycles. The summed E-state index contributed by atoms with van der Waals surface area (Å²) in [6.45, 7) is 4.83. The number of hydrogen-bond acceptors (Lipinski definition) is 6. The van der Waals surface area contributed by atoms with Crippen LogP contribution in [0.4, 0.5) is 0 Å². The van der Waals surface area contributed by atoms with E-state index in [0.717, 1.165) is 5.56 Å². The lowest BCUT2D eigenvalue weighted by molar-refractivity contribution is 0.0954. The van der Waals surface area contributed by atoms with Gasteiger partial charge in [-0.2, -0.15) is 5.10 Å². The molecule has 8 heteroatoms. The number of carbonyl (C=O) groups is 1. The molecule has 0 aliphatic rings. The lowest BCUT2D eigenvalue weighted by Gasteiger charge is -2.13. The van der Waals surface area contributed by atoms with Crippen LogP contribution < -0.4 is 19.6 Å². The maximum atomic E-state index is 12.6. The Morgan fingerprint density at radius 3 is 2.42 bits per heavy atom. The van der Waals surface area contributed by atoms with Gasteiger partial charge in [-0.1, -0.05) is 41.9 Å². The molecule has 0 atom stereocenters. The summed E-state index contributed by atoms with van der Waals surface area (Å²) in [6.07, 6.45) is 1.41. The second-order valence-corrected chi connectivity index (χ2v) is 7.26. The van der Waals surface area contributed by atoms with Crippen LogP contribution in [0.3, 0.4) is 0 Å². The van der Waals surface area contributed by atoms with Gasteiger partial charge in [-0.05, 0) is 55.3 Å². The summed E-state index contributed by atoms with van der Waals surface area (Å²) in [5.41, 5.74) is 4.41. The highest BCUT2D eigenvalue weighted by atomic mass is 35.5. The fraction of sp³-hybridized carbons (Fsp3) is 0.200. The van der Waals surface area contributed by atoms with Gasteiger partial charge in [0.1, 0.15) is 6.61 Å². The molecule has 0 bridgehead atoms. The number of rotatable bonds is 10. The van der Waals surface area contributed by atoms with Crippen molar-refractivity contribution in [3.05, 3.63) is 82.4 Å². The number of hydrazone groups is 1. The van der Waals surface area contributed by atoms with Crippen molar-refractivity contribution >= 4 is 23.7 Å². The van der Waals surface area contributed by atoms with Crippen molar-refractivity contribution in [1.29, 1.82) is 0 Å². The first-order valence-corrected chi connectivity index (χ1v) is 10.8. The van der Waals surface area contributed by atoms with Crippen molar-refractivity contribution in [1.82, 2.24) is 5.43 Å². The Labute approximate surface area is 197 Å². The lowest BCUT2D eigenvalue weighted by atomic mass is 10.2. The number of phenols is 1. The number of halogens is 1. The average Bonchev–Trinajstić information content (AvgIpc) is 2.82. The van der Waals surface area contributed by atoms with Crippen molar-refractivity contribution in [2.45, 2.75) is 20.5 Å². The first-order valence-electron chi connectivity index (χ1n) is 10.4. The van der Waals surface area contributed by atoms with E-state index in [-0.39, 0.29) is 16.5 Å². The normalized spacial score (nSPS) is 10.8. The maximum absolute atomic E-state index is 12.6. The van der Waals surface area contributed by atoms with Crippen LogP contribution in [-0.2, 0) is 6.61 Å². The summed E-state index contributed by atoms with van der Waals surface area (Å²) in [4.78, 5) is 12.6. The molecular weight excluding hydrogens is 444 g/mol. The Kier molecular flexibility index (Phi) is 8.55. The van der Waals surface area contributed by atoms with Gasteiger partial charge in [0, 0.05) is 5.56 Å². The molecule has 3 aromatic rings. The third kappa shape index (κ3) is 6.63. The van der Waals surface area contributed by atoms with Crippen LogP contribution in [0.25, 0.3) is 0 Å². The number of hydrogen-bond donors (Lipinski definition) is 2. The van der Waals surface area contributed by atoms with Gasteiger partial charge < -0.3 is 19.3 Å². The lowest BCUT2D eigenvalue weighted by Crippen LogP contribution is -2.17. The molecular formula is C25H25ClN2O5. The minimum absolute atomic E-state index is 0.126. The summed E-state index contributed by atoms with van der Waals surface area (Å²) in [5, 5.41) is 14.0. The first kappa shape index (κ1) is 23.9. The first-order chi connectivity index (χ1) is 16.0. The van der Waals surface area contributed by atoms with Crippen molar-refractivity contribution in [2.24, 2.45) is 5.10 Å². The largest absolute Gasteiger partial charge is 0.503 e. The molecule has 0 fully saturated rings. The van der Waals surface area contributed by atoms with E-state index in [9.17, 15) is 9.90 Å². The van der Waals surface area contributed by atoms with Crippen molar-refractivity contribution < 1.29 is 24.1 Å².